The third kappa shape index (κ3) is 25.7. The van der Waals surface area contributed by atoms with Gasteiger partial charge in [0.2, 0.25) is 76.8 Å². The number of aromatic nitrogens is 8. The molecule has 38 heteroatoms. The summed E-state index contributed by atoms with van der Waals surface area (Å²) in [6, 6.07) is -12.1. The lowest BCUT2D eigenvalue weighted by atomic mass is 10.0. The Morgan fingerprint density at radius 2 is 0.778 bits per heavy atom. The SMILES string of the molecule is CC(C)C[C@H](NC(=O)CN)C(=O)N[C@@H](CCC(N)=O)C(=O)N[C@@H](CCC(N)=O)C(=O)NCC(=O)NCC(=O)NCC(=O)N[C@H](C(=O)N[C@@H](Cc1c[nH]cn1)C(=O)N[C@@H](Cc1c[nH]cn1)C(=O)N[C@@H](Cc1c[nH]cn1)C(=O)N[C@@H](Cc1c[nH]cn1)C(=O)O)[C@@H](C)O. The first-order valence-electron chi connectivity index (χ1n) is 28.0. The third-order valence-electron chi connectivity index (χ3n) is 13.0. The summed E-state index contributed by atoms with van der Waals surface area (Å²) in [6.07, 6.45) is 6.67. The maximum atomic E-state index is 14.3. The van der Waals surface area contributed by atoms with Crippen molar-refractivity contribution in [2.45, 2.75) is 133 Å². The van der Waals surface area contributed by atoms with E-state index in [0.717, 1.165) is 6.92 Å². The number of H-pyrrole nitrogens is 4. The van der Waals surface area contributed by atoms with Gasteiger partial charge in [-0.15, -0.1) is 0 Å². The summed E-state index contributed by atoms with van der Waals surface area (Å²) in [6.45, 7) is 1.78. The number of imidazole rings is 4. The van der Waals surface area contributed by atoms with E-state index in [-0.39, 0.29) is 55.8 Å². The lowest BCUT2D eigenvalue weighted by molar-refractivity contribution is -0.142. The Morgan fingerprint density at radius 3 is 1.14 bits per heavy atom. The smallest absolute Gasteiger partial charge is 0.326 e. The lowest BCUT2D eigenvalue weighted by Crippen LogP contribution is -2.61. The van der Waals surface area contributed by atoms with Crippen molar-refractivity contribution < 1.29 is 77.3 Å². The van der Waals surface area contributed by atoms with Gasteiger partial charge in [-0.1, -0.05) is 13.8 Å². The molecule has 0 radical (unpaired) electrons. The highest BCUT2D eigenvalue weighted by Crippen LogP contribution is 2.11. The van der Waals surface area contributed by atoms with Crippen molar-refractivity contribution in [2.24, 2.45) is 23.1 Å². The van der Waals surface area contributed by atoms with Gasteiger partial charge in [0.15, 0.2) is 0 Å². The molecule has 0 aliphatic heterocycles. The number of primary amides is 2. The molecule has 0 spiro atoms. The van der Waals surface area contributed by atoms with Gasteiger partial charge in [0.1, 0.15) is 48.3 Å². The van der Waals surface area contributed by atoms with Gasteiger partial charge in [-0.05, 0) is 32.1 Å². The highest BCUT2D eigenvalue weighted by atomic mass is 16.4. The number of nitrogens with one attached hydrogen (secondary N) is 15. The molecule has 0 saturated carbocycles. The number of nitrogens with two attached hydrogens (primary N) is 3. The van der Waals surface area contributed by atoms with Gasteiger partial charge < -0.3 is 106 Å². The first kappa shape index (κ1) is 71.8. The maximum Gasteiger partial charge on any atom is 0.326 e. The minimum atomic E-state index is -1.80. The Hall–Kier alpha value is -10.7. The summed E-state index contributed by atoms with van der Waals surface area (Å²) in [5, 5.41) is 46.7. The highest BCUT2D eigenvalue weighted by molar-refractivity contribution is 5.98. The molecule has 4 rings (SSSR count). The Labute approximate surface area is 512 Å². The van der Waals surface area contributed by atoms with E-state index in [9.17, 15) is 77.3 Å². The van der Waals surface area contributed by atoms with Crippen molar-refractivity contribution in [2.75, 3.05) is 26.2 Å². The molecular weight excluding hydrogens is 1190 g/mol. The summed E-state index contributed by atoms with van der Waals surface area (Å²) in [7, 11) is 0. The summed E-state index contributed by atoms with van der Waals surface area (Å²) >= 11 is 0. The van der Waals surface area contributed by atoms with Gasteiger partial charge in [-0.25, -0.2) is 24.7 Å². The molecule has 0 aliphatic carbocycles. The fourth-order valence-electron chi connectivity index (χ4n) is 8.37. The summed E-state index contributed by atoms with van der Waals surface area (Å²) < 4.78 is 0. The van der Waals surface area contributed by atoms with Crippen molar-refractivity contribution in [3.8, 4) is 0 Å². The number of aliphatic carboxylic acids is 1. The number of carboxylic acid groups (broad SMARTS) is 1. The number of hydrogen-bond donors (Lipinski definition) is 20. The predicted octanol–water partition coefficient (Wildman–Crippen LogP) is -8.92. The molecule has 0 unspecified atom stereocenters. The van der Waals surface area contributed by atoms with Crippen LogP contribution in [0.2, 0.25) is 0 Å². The molecule has 0 aromatic carbocycles. The van der Waals surface area contributed by atoms with Gasteiger partial charge >= 0.3 is 5.97 Å². The van der Waals surface area contributed by atoms with Gasteiger partial charge in [-0.3, -0.25) is 62.3 Å². The number of aliphatic hydroxyl groups is 1. The van der Waals surface area contributed by atoms with Crippen LogP contribution in [0, 0.1) is 5.92 Å². The molecule has 13 amide bonds. The van der Waals surface area contributed by atoms with E-state index >= 15 is 0 Å². The van der Waals surface area contributed by atoms with Crippen molar-refractivity contribution in [3.63, 3.8) is 0 Å². The zero-order valence-corrected chi connectivity index (χ0v) is 49.2. The number of amides is 13. The van der Waals surface area contributed by atoms with E-state index in [1.165, 1.54) is 50.1 Å². The van der Waals surface area contributed by atoms with Crippen LogP contribution in [-0.2, 0) is 92.8 Å². The van der Waals surface area contributed by atoms with Crippen LogP contribution >= 0.6 is 0 Å². The third-order valence-corrected chi connectivity index (χ3v) is 13.0. The second-order valence-corrected chi connectivity index (χ2v) is 20.8. The Morgan fingerprint density at radius 1 is 0.433 bits per heavy atom. The van der Waals surface area contributed by atoms with Crippen LogP contribution in [0.3, 0.4) is 0 Å². The topological polar surface area (TPSA) is 605 Å². The predicted molar refractivity (Wildman–Crippen MR) is 308 cm³/mol. The molecule has 90 heavy (non-hydrogen) atoms. The Kier molecular flexibility index (Phi) is 29.1. The normalized spacial score (nSPS) is 14.0. The molecule has 23 N–H and O–H groups in total. The molecule has 4 aromatic rings. The maximum absolute atomic E-state index is 14.3. The minimum absolute atomic E-state index is 0.120. The van der Waals surface area contributed by atoms with Crippen LogP contribution < -0.4 is 75.7 Å². The molecule has 9 atom stereocenters. The first-order valence-corrected chi connectivity index (χ1v) is 28.0. The quantitative estimate of drug-likeness (QED) is 0.0197. The summed E-state index contributed by atoms with van der Waals surface area (Å²) in [5.41, 5.74) is 17.0. The highest BCUT2D eigenvalue weighted by Gasteiger charge is 2.36. The van der Waals surface area contributed by atoms with Crippen LogP contribution in [0.5, 0.6) is 0 Å². The van der Waals surface area contributed by atoms with Crippen LogP contribution in [0.1, 0.15) is 75.7 Å². The average molecular weight is 1270 g/mol. The monoisotopic (exact) mass is 1260 g/mol. The zero-order valence-electron chi connectivity index (χ0n) is 49.2. The first-order chi connectivity index (χ1) is 42.7. The molecule has 38 nitrogen and oxygen atoms in total. The van der Waals surface area contributed by atoms with Gasteiger partial charge in [0, 0.05) is 63.3 Å². The number of carboxylic acids is 1. The van der Waals surface area contributed by atoms with E-state index in [2.05, 4.69) is 98.4 Å². The number of hydrogen-bond acceptors (Lipinski definition) is 20. The largest absolute Gasteiger partial charge is 0.480 e. The number of rotatable bonds is 40. The second kappa shape index (κ2) is 36.5. The van der Waals surface area contributed by atoms with Gasteiger partial charge in [-0.2, -0.15) is 0 Å². The van der Waals surface area contributed by atoms with Crippen molar-refractivity contribution in [1.29, 1.82) is 0 Å². The van der Waals surface area contributed by atoms with Crippen LogP contribution in [-0.4, -0.2) is 213 Å². The number of carbonyl (C=O) groups excluding carboxylic acids is 13. The molecule has 490 valence electrons. The van der Waals surface area contributed by atoms with Crippen LogP contribution in [0.15, 0.2) is 50.1 Å². The lowest BCUT2D eigenvalue weighted by Gasteiger charge is -2.27. The molecule has 4 heterocycles. The van der Waals surface area contributed by atoms with Crippen molar-refractivity contribution in [1.82, 2.24) is 98.4 Å². The average Bonchev–Trinajstić information content (AvgIpc) is 2.17. The van der Waals surface area contributed by atoms with E-state index in [1.807, 2.05) is 0 Å². The van der Waals surface area contributed by atoms with Crippen molar-refractivity contribution >= 4 is 82.8 Å². The van der Waals surface area contributed by atoms with E-state index in [4.69, 9.17) is 17.2 Å². The molecule has 0 fully saturated rings. The van der Waals surface area contributed by atoms with E-state index < -0.39 is 183 Å². The van der Waals surface area contributed by atoms with Crippen molar-refractivity contribution in [3.05, 3.63) is 72.9 Å². The Balaban J connectivity index is 1.38. The fourth-order valence-corrected chi connectivity index (χ4v) is 8.37. The van der Waals surface area contributed by atoms with E-state index in [0.29, 0.717) is 11.4 Å². The zero-order chi connectivity index (χ0) is 66.5. The van der Waals surface area contributed by atoms with E-state index in [1.54, 1.807) is 13.8 Å². The number of aliphatic hydroxyl groups excluding tert-OH is 1. The number of carbonyl (C=O) groups is 14. The molecule has 4 aromatic heterocycles. The number of nitrogens with zero attached hydrogens (tertiary/aromatic N) is 4. The molecular formula is C52H76N22O16. The molecule has 0 bridgehead atoms. The summed E-state index contributed by atoms with van der Waals surface area (Å²) in [5.74, 6) is -13.8. The number of aromatic amines is 4. The fraction of sp³-hybridized carbons (Fsp3) is 0.500. The van der Waals surface area contributed by atoms with Gasteiger partial charge in [0.05, 0.1) is 80.4 Å². The van der Waals surface area contributed by atoms with Crippen LogP contribution in [0.25, 0.3) is 0 Å². The van der Waals surface area contributed by atoms with Gasteiger partial charge in [0.25, 0.3) is 0 Å². The molecule has 0 saturated heterocycles. The standard InChI is InChI=1S/C52H76N22O16/c1-25(2)8-33(67-40(78)13-53)47(84)69-32(5-7-39(55)77)46(83)68-31(4-6-38(54)76)45(82)62-19-42(80)60-18-41(79)61-20-43(81)74-44(26(3)75)51(88)72-36(11-29-16-58-23-65-29)49(86)70-34(9-27-14-56-21-63-27)48(85)71-35(10-28-15-57-22-64-28)50(87)73-37(52(89)90)12-30-17-59-24-66-30/h14-17,21-26,31-37,44,75H,4-13,18-20,53H2,1-3H3,(H2,54,76)(H2,55,77)(H,56,63)(H,57,64)(H,58,65)(H,59,66)(H,60,80)(H,61,79)(H,62,82)(H,67,78)(H,68,83)(H,69,84)(H,70,86)(H,71,85)(H,72,88)(H,73,87)(H,74,81)(H,89,90)/t26-,31+,32+,33+,34+,35+,36+,37+,44+/m1/s1. The summed E-state index contributed by atoms with van der Waals surface area (Å²) in [4.78, 5) is 210. The van der Waals surface area contributed by atoms with Crippen LogP contribution in [0.4, 0.5) is 0 Å². The second-order valence-electron chi connectivity index (χ2n) is 20.8. The minimum Gasteiger partial charge on any atom is -0.480 e. The molecule has 0 aliphatic rings. The Bertz CT molecular complexity index is 3070.